The van der Waals surface area contributed by atoms with E-state index in [0.717, 1.165) is 13.0 Å². The SMILES string of the molecule is Cc1cccc(C(CN)C2CCCCO2)c1. The van der Waals surface area contributed by atoms with E-state index >= 15 is 0 Å². The summed E-state index contributed by atoms with van der Waals surface area (Å²) in [4.78, 5) is 0. The molecule has 1 aromatic carbocycles. The van der Waals surface area contributed by atoms with Gasteiger partial charge in [-0.1, -0.05) is 29.8 Å². The van der Waals surface area contributed by atoms with E-state index in [9.17, 15) is 0 Å². The Labute approximate surface area is 97.8 Å². The van der Waals surface area contributed by atoms with E-state index in [0.29, 0.717) is 18.6 Å². The van der Waals surface area contributed by atoms with E-state index in [1.165, 1.54) is 24.0 Å². The third-order valence-electron chi connectivity index (χ3n) is 3.39. The maximum atomic E-state index is 5.91. The van der Waals surface area contributed by atoms with Gasteiger partial charge in [-0.15, -0.1) is 0 Å². The first kappa shape index (κ1) is 11.6. The summed E-state index contributed by atoms with van der Waals surface area (Å²) in [6, 6.07) is 8.63. The van der Waals surface area contributed by atoms with Gasteiger partial charge in [0, 0.05) is 19.1 Å². The van der Waals surface area contributed by atoms with Crippen LogP contribution in [-0.4, -0.2) is 19.3 Å². The second kappa shape index (κ2) is 5.46. The number of hydrogen-bond donors (Lipinski definition) is 1. The molecular formula is C14H21NO. The predicted molar refractivity (Wildman–Crippen MR) is 66.6 cm³/mol. The van der Waals surface area contributed by atoms with Gasteiger partial charge in [0.25, 0.3) is 0 Å². The molecular weight excluding hydrogens is 198 g/mol. The normalized spacial score (nSPS) is 23.0. The van der Waals surface area contributed by atoms with Crippen molar-refractivity contribution in [1.29, 1.82) is 0 Å². The second-order valence-electron chi connectivity index (χ2n) is 4.66. The van der Waals surface area contributed by atoms with Crippen LogP contribution in [0, 0.1) is 6.92 Å². The number of aryl methyl sites for hydroxylation is 1. The second-order valence-corrected chi connectivity index (χ2v) is 4.66. The summed E-state index contributed by atoms with van der Waals surface area (Å²) in [5.74, 6) is 0.361. The lowest BCUT2D eigenvalue weighted by Crippen LogP contribution is -2.31. The maximum absolute atomic E-state index is 5.91. The van der Waals surface area contributed by atoms with E-state index in [1.807, 2.05) is 0 Å². The highest BCUT2D eigenvalue weighted by molar-refractivity contribution is 5.26. The Morgan fingerprint density at radius 1 is 1.44 bits per heavy atom. The lowest BCUT2D eigenvalue weighted by molar-refractivity contribution is 0.000575. The minimum atomic E-state index is 0.320. The maximum Gasteiger partial charge on any atom is 0.0655 e. The third kappa shape index (κ3) is 2.63. The van der Waals surface area contributed by atoms with Crippen molar-refractivity contribution in [2.75, 3.05) is 13.2 Å². The fourth-order valence-electron chi connectivity index (χ4n) is 2.49. The van der Waals surface area contributed by atoms with Gasteiger partial charge >= 0.3 is 0 Å². The Hall–Kier alpha value is -0.860. The summed E-state index contributed by atoms with van der Waals surface area (Å²) in [6.45, 7) is 3.69. The minimum Gasteiger partial charge on any atom is -0.378 e. The molecule has 0 bridgehead atoms. The average Bonchev–Trinajstić information content (AvgIpc) is 2.31. The molecule has 2 N–H and O–H groups in total. The van der Waals surface area contributed by atoms with Gasteiger partial charge in [-0.25, -0.2) is 0 Å². The fourth-order valence-corrected chi connectivity index (χ4v) is 2.49. The molecule has 1 aliphatic heterocycles. The van der Waals surface area contributed by atoms with Crippen molar-refractivity contribution in [3.05, 3.63) is 35.4 Å². The zero-order valence-corrected chi connectivity index (χ0v) is 9.99. The topological polar surface area (TPSA) is 35.2 Å². The Morgan fingerprint density at radius 2 is 2.31 bits per heavy atom. The highest BCUT2D eigenvalue weighted by Gasteiger charge is 2.24. The minimum absolute atomic E-state index is 0.320. The monoisotopic (exact) mass is 219 g/mol. The van der Waals surface area contributed by atoms with Gasteiger partial charge in [0.05, 0.1) is 6.10 Å². The molecule has 1 fully saturated rings. The van der Waals surface area contributed by atoms with Crippen molar-refractivity contribution in [2.45, 2.75) is 38.2 Å². The average molecular weight is 219 g/mol. The summed E-state index contributed by atoms with van der Waals surface area (Å²) >= 11 is 0. The van der Waals surface area contributed by atoms with Gasteiger partial charge in [0.2, 0.25) is 0 Å². The molecule has 2 unspecified atom stereocenters. The number of benzene rings is 1. The molecule has 0 aliphatic carbocycles. The lowest BCUT2D eigenvalue weighted by Gasteiger charge is -2.30. The molecule has 0 amide bonds. The first-order valence-corrected chi connectivity index (χ1v) is 6.19. The van der Waals surface area contributed by atoms with Crippen LogP contribution in [0.2, 0.25) is 0 Å². The molecule has 1 aromatic rings. The Balaban J connectivity index is 2.14. The van der Waals surface area contributed by atoms with Crippen LogP contribution in [-0.2, 0) is 4.74 Å². The molecule has 1 heterocycles. The molecule has 0 spiro atoms. The molecule has 16 heavy (non-hydrogen) atoms. The van der Waals surface area contributed by atoms with Gasteiger partial charge in [-0.05, 0) is 31.7 Å². The van der Waals surface area contributed by atoms with Gasteiger partial charge < -0.3 is 10.5 Å². The zero-order chi connectivity index (χ0) is 11.4. The number of hydrogen-bond acceptors (Lipinski definition) is 2. The Morgan fingerprint density at radius 3 is 2.94 bits per heavy atom. The predicted octanol–water partition coefficient (Wildman–Crippen LogP) is 2.61. The molecule has 2 nitrogen and oxygen atoms in total. The fraction of sp³-hybridized carbons (Fsp3) is 0.571. The van der Waals surface area contributed by atoms with Crippen LogP contribution in [0.5, 0.6) is 0 Å². The van der Waals surface area contributed by atoms with E-state index in [-0.39, 0.29) is 0 Å². The Kier molecular flexibility index (Phi) is 3.97. The molecule has 1 saturated heterocycles. The van der Waals surface area contributed by atoms with E-state index in [4.69, 9.17) is 10.5 Å². The van der Waals surface area contributed by atoms with Crippen molar-refractivity contribution in [2.24, 2.45) is 5.73 Å². The van der Waals surface area contributed by atoms with Crippen LogP contribution in [0.3, 0.4) is 0 Å². The lowest BCUT2D eigenvalue weighted by atomic mass is 9.88. The smallest absolute Gasteiger partial charge is 0.0655 e. The molecule has 0 aromatic heterocycles. The van der Waals surface area contributed by atoms with Crippen molar-refractivity contribution >= 4 is 0 Å². The highest BCUT2D eigenvalue weighted by atomic mass is 16.5. The van der Waals surface area contributed by atoms with Crippen LogP contribution < -0.4 is 5.73 Å². The number of ether oxygens (including phenoxy) is 1. The van der Waals surface area contributed by atoms with Crippen molar-refractivity contribution < 1.29 is 4.74 Å². The number of nitrogens with two attached hydrogens (primary N) is 1. The molecule has 0 radical (unpaired) electrons. The van der Waals surface area contributed by atoms with Crippen LogP contribution in [0.4, 0.5) is 0 Å². The van der Waals surface area contributed by atoms with Crippen LogP contribution >= 0.6 is 0 Å². The Bertz CT molecular complexity index is 331. The quantitative estimate of drug-likeness (QED) is 0.848. The van der Waals surface area contributed by atoms with E-state index < -0.39 is 0 Å². The summed E-state index contributed by atoms with van der Waals surface area (Å²) in [7, 11) is 0. The van der Waals surface area contributed by atoms with Crippen molar-refractivity contribution in [3.8, 4) is 0 Å². The highest BCUT2D eigenvalue weighted by Crippen LogP contribution is 2.28. The van der Waals surface area contributed by atoms with Crippen molar-refractivity contribution in [3.63, 3.8) is 0 Å². The van der Waals surface area contributed by atoms with Crippen molar-refractivity contribution in [1.82, 2.24) is 0 Å². The van der Waals surface area contributed by atoms with E-state index in [2.05, 4.69) is 31.2 Å². The summed E-state index contributed by atoms with van der Waals surface area (Å²) in [5, 5.41) is 0. The summed E-state index contributed by atoms with van der Waals surface area (Å²) < 4.78 is 5.85. The van der Waals surface area contributed by atoms with Gasteiger partial charge in [0.15, 0.2) is 0 Å². The van der Waals surface area contributed by atoms with Crippen LogP contribution in [0.1, 0.15) is 36.3 Å². The largest absolute Gasteiger partial charge is 0.378 e. The summed E-state index contributed by atoms with van der Waals surface area (Å²) in [5.41, 5.74) is 8.53. The third-order valence-corrected chi connectivity index (χ3v) is 3.39. The van der Waals surface area contributed by atoms with Crippen LogP contribution in [0.25, 0.3) is 0 Å². The standard InChI is InChI=1S/C14H21NO/c1-11-5-4-6-12(9-11)13(10-15)14-7-2-3-8-16-14/h4-6,9,13-14H,2-3,7-8,10,15H2,1H3. The van der Waals surface area contributed by atoms with Crippen LogP contribution in [0.15, 0.2) is 24.3 Å². The summed E-state index contributed by atoms with van der Waals surface area (Å²) in [6.07, 6.45) is 3.94. The molecule has 2 atom stereocenters. The van der Waals surface area contributed by atoms with Gasteiger partial charge in [-0.2, -0.15) is 0 Å². The first-order chi connectivity index (χ1) is 7.81. The van der Waals surface area contributed by atoms with E-state index in [1.54, 1.807) is 0 Å². The zero-order valence-electron chi connectivity index (χ0n) is 9.99. The number of rotatable bonds is 3. The molecule has 2 rings (SSSR count). The molecule has 1 aliphatic rings. The first-order valence-electron chi connectivity index (χ1n) is 6.19. The molecule has 2 heteroatoms. The molecule has 88 valence electrons. The van der Waals surface area contributed by atoms with Gasteiger partial charge in [-0.3, -0.25) is 0 Å². The van der Waals surface area contributed by atoms with Gasteiger partial charge in [0.1, 0.15) is 0 Å². The molecule has 0 saturated carbocycles.